The first-order chi connectivity index (χ1) is 16.0. The van der Waals surface area contributed by atoms with Gasteiger partial charge in [-0.25, -0.2) is 4.79 Å². The van der Waals surface area contributed by atoms with Crippen molar-refractivity contribution in [2.24, 2.45) is 11.8 Å². The molecule has 2 atom stereocenters. The number of piperidine rings is 2. The highest BCUT2D eigenvalue weighted by Gasteiger charge is 2.30. The summed E-state index contributed by atoms with van der Waals surface area (Å²) in [6, 6.07) is -0.604. The van der Waals surface area contributed by atoms with E-state index in [9.17, 15) is 19.2 Å². The monoisotopic (exact) mass is 481 g/mol. The molecule has 0 unspecified atom stereocenters. The molecule has 2 saturated heterocycles. The zero-order valence-corrected chi connectivity index (χ0v) is 20.7. The topological polar surface area (TPSA) is 125 Å². The molecule has 3 amide bonds. The standard InChI is InChI=1S/C24H39N3O7/c1-24(2,3)34-23(32)26-12-9-17(10-13-26)7-8-20(28)27-11-5-6-18(15-27)22(31)25-19(16-33-4)14-21(29)30/h7-8,17-19H,5-6,9-16H2,1-4H3,(H,25,31)(H,29,30)/b8-7+/t18-,19+/m1/s1. The molecule has 0 radical (unpaired) electrons. The predicted octanol–water partition coefficient (Wildman–Crippen LogP) is 2.03. The van der Waals surface area contributed by atoms with Gasteiger partial charge in [0, 0.05) is 33.3 Å². The molecule has 2 aliphatic heterocycles. The number of nitrogens with one attached hydrogen (secondary N) is 1. The van der Waals surface area contributed by atoms with Crippen molar-refractivity contribution in [2.75, 3.05) is 39.9 Å². The van der Waals surface area contributed by atoms with Crippen molar-refractivity contribution >= 4 is 23.9 Å². The Hall–Kier alpha value is -2.62. The number of nitrogens with zero attached hydrogens (tertiary/aromatic N) is 2. The number of aliphatic carboxylic acids is 1. The minimum Gasteiger partial charge on any atom is -0.481 e. The van der Waals surface area contributed by atoms with Gasteiger partial charge in [-0.3, -0.25) is 14.4 Å². The van der Waals surface area contributed by atoms with E-state index in [0.717, 1.165) is 12.8 Å². The average Bonchev–Trinajstić information content (AvgIpc) is 2.76. The quantitative estimate of drug-likeness (QED) is 0.508. The number of allylic oxidation sites excluding steroid dienone is 1. The van der Waals surface area contributed by atoms with Crippen LogP contribution in [0.2, 0.25) is 0 Å². The van der Waals surface area contributed by atoms with Crippen molar-refractivity contribution in [3.8, 4) is 0 Å². The molecule has 2 N–H and O–H groups in total. The molecule has 0 bridgehead atoms. The Morgan fingerprint density at radius 1 is 1.09 bits per heavy atom. The first kappa shape index (κ1) is 27.6. The Balaban J connectivity index is 1.82. The lowest BCUT2D eigenvalue weighted by molar-refractivity contribution is -0.138. The fourth-order valence-electron chi connectivity index (χ4n) is 4.20. The van der Waals surface area contributed by atoms with Crippen LogP contribution in [-0.2, 0) is 23.9 Å². The predicted molar refractivity (Wildman–Crippen MR) is 125 cm³/mol. The van der Waals surface area contributed by atoms with Crippen LogP contribution in [0, 0.1) is 11.8 Å². The van der Waals surface area contributed by atoms with Crippen molar-refractivity contribution in [1.82, 2.24) is 15.1 Å². The molecule has 2 fully saturated rings. The third-order valence-electron chi connectivity index (χ3n) is 5.94. The van der Waals surface area contributed by atoms with Crippen molar-refractivity contribution in [2.45, 2.75) is 64.5 Å². The van der Waals surface area contributed by atoms with Gasteiger partial charge < -0.3 is 29.7 Å². The van der Waals surface area contributed by atoms with Crippen LogP contribution in [0.5, 0.6) is 0 Å². The van der Waals surface area contributed by atoms with Crippen LogP contribution in [-0.4, -0.2) is 90.3 Å². The van der Waals surface area contributed by atoms with Crippen LogP contribution in [0.15, 0.2) is 12.2 Å². The fraction of sp³-hybridized carbons (Fsp3) is 0.750. The van der Waals surface area contributed by atoms with Crippen molar-refractivity contribution in [3.05, 3.63) is 12.2 Å². The van der Waals surface area contributed by atoms with Gasteiger partial charge in [-0.1, -0.05) is 6.08 Å². The zero-order valence-electron chi connectivity index (χ0n) is 20.7. The molecular formula is C24H39N3O7. The van der Waals surface area contributed by atoms with E-state index >= 15 is 0 Å². The third kappa shape index (κ3) is 9.32. The molecule has 192 valence electrons. The van der Waals surface area contributed by atoms with Gasteiger partial charge in [0.1, 0.15) is 5.60 Å². The van der Waals surface area contributed by atoms with Crippen LogP contribution in [0.4, 0.5) is 4.79 Å². The lowest BCUT2D eigenvalue weighted by atomic mass is 9.95. The molecule has 2 heterocycles. The van der Waals surface area contributed by atoms with Gasteiger partial charge in [0.25, 0.3) is 0 Å². The molecule has 2 aliphatic rings. The molecule has 0 aromatic carbocycles. The first-order valence-electron chi connectivity index (χ1n) is 11.9. The molecule has 0 aromatic heterocycles. The molecule has 34 heavy (non-hydrogen) atoms. The molecular weight excluding hydrogens is 442 g/mol. The van der Waals surface area contributed by atoms with E-state index in [2.05, 4.69) is 5.32 Å². The van der Waals surface area contributed by atoms with Gasteiger partial charge >= 0.3 is 12.1 Å². The summed E-state index contributed by atoms with van der Waals surface area (Å²) in [6.45, 7) is 7.70. The normalized spacial score (nSPS) is 20.8. The number of hydrogen-bond acceptors (Lipinski definition) is 6. The number of hydrogen-bond donors (Lipinski definition) is 2. The van der Waals surface area contributed by atoms with Crippen molar-refractivity contribution in [3.63, 3.8) is 0 Å². The SMILES string of the molecule is COC[C@H](CC(=O)O)NC(=O)[C@@H]1CCCN(C(=O)/C=C/C2CCN(C(=O)OC(C)(C)C)CC2)C1. The lowest BCUT2D eigenvalue weighted by Crippen LogP contribution is -2.48. The average molecular weight is 482 g/mol. The number of amides is 3. The number of rotatable bonds is 8. The summed E-state index contributed by atoms with van der Waals surface area (Å²) in [4.78, 5) is 51.9. The van der Waals surface area contributed by atoms with Crippen molar-refractivity contribution < 1.29 is 33.8 Å². The van der Waals surface area contributed by atoms with Gasteiger partial charge in [0.2, 0.25) is 11.8 Å². The van der Waals surface area contributed by atoms with E-state index in [1.54, 1.807) is 15.9 Å². The van der Waals surface area contributed by atoms with E-state index < -0.39 is 17.6 Å². The third-order valence-corrected chi connectivity index (χ3v) is 5.94. The number of carbonyl (C=O) groups is 4. The molecule has 10 heteroatoms. The first-order valence-corrected chi connectivity index (χ1v) is 11.9. The maximum absolute atomic E-state index is 12.7. The fourth-order valence-corrected chi connectivity index (χ4v) is 4.20. The summed E-state index contributed by atoms with van der Waals surface area (Å²) in [5, 5.41) is 11.8. The zero-order chi connectivity index (χ0) is 25.3. The summed E-state index contributed by atoms with van der Waals surface area (Å²) in [5.74, 6) is -1.57. The second kappa shape index (κ2) is 12.7. The summed E-state index contributed by atoms with van der Waals surface area (Å²) in [6.07, 6.45) is 5.84. The highest BCUT2D eigenvalue weighted by atomic mass is 16.6. The van der Waals surface area contributed by atoms with Crippen molar-refractivity contribution in [1.29, 1.82) is 0 Å². The number of carbonyl (C=O) groups excluding carboxylic acids is 3. The van der Waals surface area contributed by atoms with Gasteiger partial charge in [-0.2, -0.15) is 0 Å². The Morgan fingerprint density at radius 3 is 2.35 bits per heavy atom. The largest absolute Gasteiger partial charge is 0.481 e. The summed E-state index contributed by atoms with van der Waals surface area (Å²) in [5.41, 5.74) is -0.523. The van der Waals surface area contributed by atoms with Gasteiger partial charge in [0.15, 0.2) is 0 Å². The van der Waals surface area contributed by atoms with Gasteiger partial charge in [-0.15, -0.1) is 0 Å². The van der Waals surface area contributed by atoms with Crippen LogP contribution < -0.4 is 5.32 Å². The highest BCUT2D eigenvalue weighted by molar-refractivity contribution is 5.88. The van der Waals surface area contributed by atoms with Gasteiger partial charge in [-0.05, 0) is 58.4 Å². The summed E-state index contributed by atoms with van der Waals surface area (Å²) < 4.78 is 10.4. The van der Waals surface area contributed by atoms with E-state index in [1.165, 1.54) is 7.11 Å². The molecule has 0 aromatic rings. The Morgan fingerprint density at radius 2 is 1.76 bits per heavy atom. The van der Waals surface area contributed by atoms with E-state index in [0.29, 0.717) is 39.0 Å². The van der Waals surface area contributed by atoms with E-state index in [4.69, 9.17) is 14.6 Å². The molecule has 0 aliphatic carbocycles. The number of ether oxygens (including phenoxy) is 2. The summed E-state index contributed by atoms with van der Waals surface area (Å²) in [7, 11) is 1.45. The smallest absolute Gasteiger partial charge is 0.410 e. The molecule has 0 spiro atoms. The molecule has 0 saturated carbocycles. The van der Waals surface area contributed by atoms with E-state index in [1.807, 2.05) is 26.8 Å². The number of likely N-dealkylation sites (tertiary alicyclic amines) is 2. The Labute approximate surface area is 201 Å². The summed E-state index contributed by atoms with van der Waals surface area (Å²) >= 11 is 0. The minimum absolute atomic E-state index is 0.114. The Kier molecular flexibility index (Phi) is 10.3. The maximum Gasteiger partial charge on any atom is 0.410 e. The van der Waals surface area contributed by atoms with Crippen LogP contribution in [0.1, 0.15) is 52.9 Å². The maximum atomic E-state index is 12.7. The minimum atomic E-state index is -1.01. The van der Waals surface area contributed by atoms with Crippen LogP contribution >= 0.6 is 0 Å². The second-order valence-corrected chi connectivity index (χ2v) is 10.0. The highest BCUT2D eigenvalue weighted by Crippen LogP contribution is 2.22. The van der Waals surface area contributed by atoms with Crippen LogP contribution in [0.25, 0.3) is 0 Å². The number of carboxylic acid groups (broad SMARTS) is 1. The molecule has 10 nitrogen and oxygen atoms in total. The second-order valence-electron chi connectivity index (χ2n) is 10.0. The lowest BCUT2D eigenvalue weighted by Gasteiger charge is -2.33. The van der Waals surface area contributed by atoms with E-state index in [-0.39, 0.29) is 42.8 Å². The number of methoxy groups -OCH3 is 1. The Bertz CT molecular complexity index is 754. The molecule has 2 rings (SSSR count). The number of carboxylic acids is 1. The van der Waals surface area contributed by atoms with Gasteiger partial charge in [0.05, 0.1) is 25.0 Å². The van der Waals surface area contributed by atoms with Crippen LogP contribution in [0.3, 0.4) is 0 Å².